The lowest BCUT2D eigenvalue weighted by Gasteiger charge is -2.39. The quantitative estimate of drug-likeness (QED) is 0.625. The predicted octanol–water partition coefficient (Wildman–Crippen LogP) is -0.797. The van der Waals surface area contributed by atoms with Crippen LogP contribution in [0, 0.1) is 0 Å². The summed E-state index contributed by atoms with van der Waals surface area (Å²) >= 11 is 0. The standard InChI is InChI=1S/C10H23N3O/c1-9-6-12(3)4-5-13(9)7-10(8-14)11-2/h9-11,14H,4-8H2,1-3H3. The van der Waals surface area contributed by atoms with E-state index in [1.807, 2.05) is 7.05 Å². The molecule has 1 fully saturated rings. The number of aliphatic hydroxyl groups is 1. The maximum absolute atomic E-state index is 9.10. The molecule has 4 nitrogen and oxygen atoms in total. The third-order valence-electron chi connectivity index (χ3n) is 3.05. The number of rotatable bonds is 4. The summed E-state index contributed by atoms with van der Waals surface area (Å²) in [5.74, 6) is 0. The lowest BCUT2D eigenvalue weighted by Crippen LogP contribution is -2.54. The Kier molecular flexibility index (Phi) is 4.81. The second kappa shape index (κ2) is 5.66. The normalized spacial score (nSPS) is 27.9. The summed E-state index contributed by atoms with van der Waals surface area (Å²) in [6.07, 6.45) is 0. The summed E-state index contributed by atoms with van der Waals surface area (Å²) < 4.78 is 0. The van der Waals surface area contributed by atoms with Gasteiger partial charge >= 0.3 is 0 Å². The lowest BCUT2D eigenvalue weighted by atomic mass is 10.1. The Labute approximate surface area is 86.9 Å². The Morgan fingerprint density at radius 3 is 2.71 bits per heavy atom. The van der Waals surface area contributed by atoms with Crippen molar-refractivity contribution in [2.24, 2.45) is 0 Å². The van der Waals surface area contributed by atoms with Crippen LogP contribution in [0.25, 0.3) is 0 Å². The van der Waals surface area contributed by atoms with Crippen LogP contribution in [0.15, 0.2) is 0 Å². The van der Waals surface area contributed by atoms with Crippen molar-refractivity contribution in [3.8, 4) is 0 Å². The summed E-state index contributed by atoms with van der Waals surface area (Å²) in [5, 5.41) is 12.2. The minimum Gasteiger partial charge on any atom is -0.395 e. The Morgan fingerprint density at radius 1 is 1.50 bits per heavy atom. The fraction of sp³-hybridized carbons (Fsp3) is 1.00. The van der Waals surface area contributed by atoms with Crippen LogP contribution in [0.3, 0.4) is 0 Å². The van der Waals surface area contributed by atoms with Crippen molar-refractivity contribution in [1.29, 1.82) is 0 Å². The number of hydrogen-bond acceptors (Lipinski definition) is 4. The number of hydrogen-bond donors (Lipinski definition) is 2. The third kappa shape index (κ3) is 3.20. The number of nitrogens with one attached hydrogen (secondary N) is 1. The molecule has 2 N–H and O–H groups in total. The van der Waals surface area contributed by atoms with Gasteiger partial charge in [0.25, 0.3) is 0 Å². The monoisotopic (exact) mass is 201 g/mol. The van der Waals surface area contributed by atoms with Crippen molar-refractivity contribution >= 4 is 0 Å². The third-order valence-corrected chi connectivity index (χ3v) is 3.05. The molecule has 0 aromatic heterocycles. The van der Waals surface area contributed by atoms with E-state index in [0.29, 0.717) is 6.04 Å². The molecule has 2 unspecified atom stereocenters. The van der Waals surface area contributed by atoms with Gasteiger partial charge in [-0.25, -0.2) is 0 Å². The Hall–Kier alpha value is -0.160. The first kappa shape index (κ1) is 11.9. The van der Waals surface area contributed by atoms with Crippen LogP contribution in [0.1, 0.15) is 6.92 Å². The van der Waals surface area contributed by atoms with Crippen LogP contribution >= 0.6 is 0 Å². The molecule has 1 aliphatic rings. The van der Waals surface area contributed by atoms with Gasteiger partial charge in [0.05, 0.1) is 6.61 Å². The van der Waals surface area contributed by atoms with E-state index < -0.39 is 0 Å². The molecule has 0 aliphatic carbocycles. The maximum atomic E-state index is 9.10. The first-order valence-corrected chi connectivity index (χ1v) is 5.38. The van der Waals surface area contributed by atoms with E-state index in [1.54, 1.807) is 0 Å². The topological polar surface area (TPSA) is 38.7 Å². The van der Waals surface area contributed by atoms with Gasteiger partial charge in [-0.2, -0.15) is 0 Å². The first-order valence-electron chi connectivity index (χ1n) is 5.38. The van der Waals surface area contributed by atoms with Crippen LogP contribution in [0.4, 0.5) is 0 Å². The van der Waals surface area contributed by atoms with Gasteiger partial charge in [0.1, 0.15) is 0 Å². The van der Waals surface area contributed by atoms with Gasteiger partial charge in [0.15, 0.2) is 0 Å². The van der Waals surface area contributed by atoms with Crippen LogP contribution in [0.2, 0.25) is 0 Å². The number of likely N-dealkylation sites (N-methyl/N-ethyl adjacent to an activating group) is 2. The van der Waals surface area contributed by atoms with Crippen molar-refractivity contribution in [2.75, 3.05) is 46.9 Å². The SMILES string of the molecule is CNC(CO)CN1CCN(C)CC1C. The molecular formula is C10H23N3O. The molecule has 0 bridgehead atoms. The Morgan fingerprint density at radius 2 is 2.21 bits per heavy atom. The van der Waals surface area contributed by atoms with Gasteiger partial charge in [-0.15, -0.1) is 0 Å². The van der Waals surface area contributed by atoms with Gasteiger partial charge in [0.2, 0.25) is 0 Å². The summed E-state index contributed by atoms with van der Waals surface area (Å²) in [6, 6.07) is 0.803. The van der Waals surface area contributed by atoms with Crippen molar-refractivity contribution < 1.29 is 5.11 Å². The van der Waals surface area contributed by atoms with Crippen molar-refractivity contribution in [1.82, 2.24) is 15.1 Å². The van der Waals surface area contributed by atoms with Crippen LogP contribution in [0.5, 0.6) is 0 Å². The average molecular weight is 201 g/mol. The number of nitrogens with zero attached hydrogens (tertiary/aromatic N) is 2. The Bertz CT molecular complexity index is 161. The van der Waals surface area contributed by atoms with Gasteiger partial charge in [-0.05, 0) is 21.0 Å². The smallest absolute Gasteiger partial charge is 0.0597 e. The molecule has 0 aromatic rings. The fourth-order valence-electron chi connectivity index (χ4n) is 1.97. The molecule has 0 spiro atoms. The number of piperazine rings is 1. The molecule has 0 saturated carbocycles. The van der Waals surface area contributed by atoms with Crippen molar-refractivity contribution in [3.63, 3.8) is 0 Å². The highest BCUT2D eigenvalue weighted by molar-refractivity contribution is 4.80. The van der Waals surface area contributed by atoms with E-state index in [2.05, 4.69) is 29.1 Å². The minimum absolute atomic E-state index is 0.209. The number of aliphatic hydroxyl groups excluding tert-OH is 1. The molecule has 1 heterocycles. The second-order valence-electron chi connectivity index (χ2n) is 4.27. The largest absolute Gasteiger partial charge is 0.395 e. The minimum atomic E-state index is 0.209. The van der Waals surface area contributed by atoms with Crippen LogP contribution in [-0.4, -0.2) is 73.9 Å². The van der Waals surface area contributed by atoms with Gasteiger partial charge < -0.3 is 15.3 Å². The van der Waals surface area contributed by atoms with Crippen LogP contribution in [-0.2, 0) is 0 Å². The molecule has 0 radical (unpaired) electrons. The molecule has 84 valence electrons. The highest BCUT2D eigenvalue weighted by Crippen LogP contribution is 2.07. The molecule has 1 saturated heterocycles. The summed E-state index contributed by atoms with van der Waals surface area (Å²) in [7, 11) is 4.07. The molecule has 0 amide bonds. The predicted molar refractivity (Wildman–Crippen MR) is 58.5 cm³/mol. The Balaban J connectivity index is 2.36. The lowest BCUT2D eigenvalue weighted by molar-refractivity contribution is 0.0816. The van der Waals surface area contributed by atoms with E-state index in [0.717, 1.165) is 26.2 Å². The zero-order valence-corrected chi connectivity index (χ0v) is 9.53. The van der Waals surface area contributed by atoms with Crippen LogP contribution < -0.4 is 5.32 Å². The zero-order valence-electron chi connectivity index (χ0n) is 9.53. The van der Waals surface area contributed by atoms with E-state index in [4.69, 9.17) is 5.11 Å². The van der Waals surface area contributed by atoms with Crippen molar-refractivity contribution in [2.45, 2.75) is 19.0 Å². The highest BCUT2D eigenvalue weighted by atomic mass is 16.3. The first-order chi connectivity index (χ1) is 6.67. The summed E-state index contributed by atoms with van der Waals surface area (Å²) in [6.45, 7) is 6.78. The highest BCUT2D eigenvalue weighted by Gasteiger charge is 2.22. The van der Waals surface area contributed by atoms with Crippen molar-refractivity contribution in [3.05, 3.63) is 0 Å². The van der Waals surface area contributed by atoms with E-state index in [-0.39, 0.29) is 12.6 Å². The fourth-order valence-corrected chi connectivity index (χ4v) is 1.97. The molecule has 0 aromatic carbocycles. The summed E-state index contributed by atoms with van der Waals surface area (Å²) in [5.41, 5.74) is 0. The molecule has 1 aliphatic heterocycles. The second-order valence-corrected chi connectivity index (χ2v) is 4.27. The van der Waals surface area contributed by atoms with E-state index in [9.17, 15) is 0 Å². The average Bonchev–Trinajstić information content (AvgIpc) is 2.17. The molecule has 4 heteroatoms. The summed E-state index contributed by atoms with van der Waals surface area (Å²) in [4.78, 5) is 4.80. The molecule has 14 heavy (non-hydrogen) atoms. The van der Waals surface area contributed by atoms with E-state index in [1.165, 1.54) is 0 Å². The zero-order chi connectivity index (χ0) is 10.6. The van der Waals surface area contributed by atoms with Gasteiger partial charge in [0, 0.05) is 38.3 Å². The van der Waals surface area contributed by atoms with Gasteiger partial charge in [-0.3, -0.25) is 4.90 Å². The van der Waals surface area contributed by atoms with E-state index >= 15 is 0 Å². The maximum Gasteiger partial charge on any atom is 0.0597 e. The molecular weight excluding hydrogens is 178 g/mol. The van der Waals surface area contributed by atoms with Gasteiger partial charge in [-0.1, -0.05) is 0 Å². The molecule has 1 rings (SSSR count). The molecule has 2 atom stereocenters.